The summed E-state index contributed by atoms with van der Waals surface area (Å²) in [6.07, 6.45) is 11.1. The van der Waals surface area contributed by atoms with Gasteiger partial charge in [0.25, 0.3) is 5.56 Å². The topological polar surface area (TPSA) is 84.2 Å². The van der Waals surface area contributed by atoms with Crippen LogP contribution in [0.2, 0.25) is 5.02 Å². The third kappa shape index (κ3) is 3.59. The van der Waals surface area contributed by atoms with Crippen molar-refractivity contribution in [1.82, 2.24) is 9.78 Å². The Kier molecular flexibility index (Phi) is 5.15. The quantitative estimate of drug-likeness (QED) is 0.670. The summed E-state index contributed by atoms with van der Waals surface area (Å²) < 4.78 is 1.64. The van der Waals surface area contributed by atoms with E-state index in [2.05, 4.69) is 24.3 Å². The minimum Gasteiger partial charge on any atom is -0.481 e. The molecule has 7 heteroatoms. The fourth-order valence-electron chi connectivity index (χ4n) is 8.03. The number of rotatable bonds is 5. The normalized spacial score (nSPS) is 41.3. The molecule has 0 amide bonds. The maximum absolute atomic E-state index is 13.4. The third-order valence-electron chi connectivity index (χ3n) is 9.09. The number of aliphatic carboxylic acids is 1. The van der Waals surface area contributed by atoms with Crippen LogP contribution in [0.4, 0.5) is 5.69 Å². The van der Waals surface area contributed by atoms with Gasteiger partial charge in [-0.05, 0) is 74.0 Å². The summed E-state index contributed by atoms with van der Waals surface area (Å²) in [4.78, 5) is 25.0. The second-order valence-electron chi connectivity index (χ2n) is 11.4. The van der Waals surface area contributed by atoms with Gasteiger partial charge in [0, 0.05) is 6.04 Å². The van der Waals surface area contributed by atoms with Crippen molar-refractivity contribution in [2.24, 2.45) is 29.1 Å². The van der Waals surface area contributed by atoms with Gasteiger partial charge < -0.3 is 10.4 Å². The molecule has 0 aliphatic heterocycles. The molecule has 31 heavy (non-hydrogen) atoms. The number of nitrogens with zero attached hydrogens (tertiary/aromatic N) is 2. The zero-order valence-corrected chi connectivity index (χ0v) is 19.3. The van der Waals surface area contributed by atoms with Crippen LogP contribution >= 0.6 is 11.6 Å². The largest absolute Gasteiger partial charge is 0.481 e. The second-order valence-corrected chi connectivity index (χ2v) is 11.7. The van der Waals surface area contributed by atoms with E-state index in [1.54, 1.807) is 10.9 Å². The minimum absolute atomic E-state index is 0.196. The van der Waals surface area contributed by atoms with Crippen molar-refractivity contribution in [3.8, 4) is 0 Å². The van der Waals surface area contributed by atoms with Gasteiger partial charge in [0.1, 0.15) is 5.02 Å². The Balaban J connectivity index is 1.45. The molecule has 170 valence electrons. The van der Waals surface area contributed by atoms with E-state index in [0.717, 1.165) is 44.9 Å². The first-order chi connectivity index (χ1) is 14.7. The molecule has 6 nitrogen and oxygen atoms in total. The molecule has 0 spiro atoms. The summed E-state index contributed by atoms with van der Waals surface area (Å²) in [5.74, 6) is 1.40. The molecular formula is C24H34ClN3O3. The second kappa shape index (κ2) is 7.50. The first-order valence-electron chi connectivity index (χ1n) is 12.0. The number of nitrogens with one attached hydrogen (secondary N) is 1. The Morgan fingerprint density at radius 2 is 1.97 bits per heavy atom. The van der Waals surface area contributed by atoms with Gasteiger partial charge in [0.15, 0.2) is 0 Å². The number of aromatic nitrogens is 2. The molecule has 2 N–H and O–H groups in total. The highest BCUT2D eigenvalue weighted by molar-refractivity contribution is 6.32. The van der Waals surface area contributed by atoms with Crippen molar-refractivity contribution < 1.29 is 9.90 Å². The van der Waals surface area contributed by atoms with Crippen LogP contribution < -0.4 is 10.9 Å². The van der Waals surface area contributed by atoms with Crippen molar-refractivity contribution in [1.29, 1.82) is 0 Å². The van der Waals surface area contributed by atoms with E-state index in [1.165, 1.54) is 12.8 Å². The predicted octanol–water partition coefficient (Wildman–Crippen LogP) is 4.90. The summed E-state index contributed by atoms with van der Waals surface area (Å²) in [6.45, 7) is 4.55. The maximum Gasteiger partial charge on any atom is 0.303 e. The molecule has 6 rings (SSSR count). The van der Waals surface area contributed by atoms with Gasteiger partial charge in [-0.1, -0.05) is 38.3 Å². The molecule has 5 aliphatic rings. The van der Waals surface area contributed by atoms with Gasteiger partial charge in [0.2, 0.25) is 0 Å². The molecule has 1 heterocycles. The highest BCUT2D eigenvalue weighted by Crippen LogP contribution is 2.65. The standard InChI is InChI=1S/C24H34ClN3O3/c1-14-4-3-5-18(15(14)2)27-19-12-26-28(22(31)21(19)25)24-9-16-6-17(10-24)8-23(7-16,13-24)11-20(29)30/h12,14-18,27H,3-11,13H2,1-2H3,(H,29,30). The molecule has 5 aliphatic carbocycles. The highest BCUT2D eigenvalue weighted by Gasteiger charge is 2.59. The molecule has 5 unspecified atom stereocenters. The average molecular weight is 448 g/mol. The zero-order valence-electron chi connectivity index (χ0n) is 18.6. The minimum atomic E-state index is -0.731. The van der Waals surface area contributed by atoms with Crippen LogP contribution in [0.15, 0.2) is 11.0 Å². The van der Waals surface area contributed by atoms with Gasteiger partial charge in [0.05, 0.1) is 23.8 Å². The van der Waals surface area contributed by atoms with Crippen molar-refractivity contribution in [3.63, 3.8) is 0 Å². The van der Waals surface area contributed by atoms with Gasteiger partial charge in [-0.2, -0.15) is 5.10 Å². The van der Waals surface area contributed by atoms with E-state index in [-0.39, 0.29) is 28.0 Å². The van der Waals surface area contributed by atoms with Crippen LogP contribution in [-0.4, -0.2) is 26.9 Å². The molecule has 1 aromatic rings. The Hall–Kier alpha value is -1.56. The maximum atomic E-state index is 13.4. The lowest BCUT2D eigenvalue weighted by atomic mass is 9.46. The Morgan fingerprint density at radius 3 is 2.65 bits per heavy atom. The Morgan fingerprint density at radius 1 is 1.26 bits per heavy atom. The summed E-state index contributed by atoms with van der Waals surface area (Å²) in [5, 5.41) is 17.9. The van der Waals surface area contributed by atoms with Crippen LogP contribution in [0.25, 0.3) is 0 Å². The lowest BCUT2D eigenvalue weighted by Crippen LogP contribution is -2.59. The predicted molar refractivity (Wildman–Crippen MR) is 120 cm³/mol. The molecule has 1 aromatic heterocycles. The van der Waals surface area contributed by atoms with Crippen molar-refractivity contribution in [2.45, 2.75) is 89.6 Å². The first kappa shape index (κ1) is 21.3. The average Bonchev–Trinajstić information content (AvgIpc) is 2.66. The number of carboxylic acid groups (broad SMARTS) is 1. The number of carbonyl (C=O) groups is 1. The molecule has 5 fully saturated rings. The number of carboxylic acids is 1. The lowest BCUT2D eigenvalue weighted by molar-refractivity contribution is -0.151. The van der Waals surface area contributed by atoms with Gasteiger partial charge >= 0.3 is 5.97 Å². The summed E-state index contributed by atoms with van der Waals surface area (Å²) >= 11 is 6.63. The molecule has 4 bridgehead atoms. The van der Waals surface area contributed by atoms with Crippen LogP contribution in [0, 0.1) is 29.1 Å². The van der Waals surface area contributed by atoms with Gasteiger partial charge in [-0.3, -0.25) is 9.59 Å². The number of hydrogen-bond acceptors (Lipinski definition) is 4. The van der Waals surface area contributed by atoms with Gasteiger partial charge in [-0.25, -0.2) is 4.68 Å². The van der Waals surface area contributed by atoms with Crippen molar-refractivity contribution in [3.05, 3.63) is 21.6 Å². The lowest BCUT2D eigenvalue weighted by Gasteiger charge is -2.61. The van der Waals surface area contributed by atoms with E-state index in [9.17, 15) is 14.7 Å². The van der Waals surface area contributed by atoms with E-state index in [0.29, 0.717) is 35.4 Å². The van der Waals surface area contributed by atoms with Crippen molar-refractivity contribution >= 4 is 23.3 Å². The van der Waals surface area contributed by atoms with Crippen LogP contribution in [-0.2, 0) is 10.3 Å². The number of halogens is 1. The Labute approximate surface area is 188 Å². The zero-order chi connectivity index (χ0) is 22.0. The highest BCUT2D eigenvalue weighted by atomic mass is 35.5. The molecule has 0 aromatic carbocycles. The summed E-state index contributed by atoms with van der Waals surface area (Å²) in [5.41, 5.74) is -0.172. The fourth-order valence-corrected chi connectivity index (χ4v) is 8.22. The fraction of sp³-hybridized carbons (Fsp3) is 0.792. The van der Waals surface area contributed by atoms with E-state index < -0.39 is 5.97 Å². The van der Waals surface area contributed by atoms with E-state index >= 15 is 0 Å². The van der Waals surface area contributed by atoms with E-state index in [4.69, 9.17) is 11.6 Å². The molecule has 0 saturated heterocycles. The van der Waals surface area contributed by atoms with Crippen LogP contribution in [0.3, 0.4) is 0 Å². The Bertz CT molecular complexity index is 930. The molecule has 5 saturated carbocycles. The summed E-state index contributed by atoms with van der Waals surface area (Å²) in [7, 11) is 0. The number of anilines is 1. The molecule has 0 radical (unpaired) electrons. The van der Waals surface area contributed by atoms with Crippen LogP contribution in [0.1, 0.15) is 78.1 Å². The van der Waals surface area contributed by atoms with Crippen molar-refractivity contribution in [2.75, 3.05) is 5.32 Å². The third-order valence-corrected chi connectivity index (χ3v) is 9.46. The monoisotopic (exact) mass is 447 g/mol. The molecular weight excluding hydrogens is 414 g/mol. The van der Waals surface area contributed by atoms with Gasteiger partial charge in [-0.15, -0.1) is 0 Å². The smallest absolute Gasteiger partial charge is 0.303 e. The first-order valence-corrected chi connectivity index (χ1v) is 12.3. The van der Waals surface area contributed by atoms with E-state index in [1.807, 2.05) is 0 Å². The SMILES string of the molecule is CC1CCCC(Nc2cnn(C34CC5CC(CC(CC(=O)O)(C5)C3)C4)c(=O)c2Cl)C1C. The summed E-state index contributed by atoms with van der Waals surface area (Å²) in [6, 6.07) is 0.302. The molecule has 5 atom stereocenters. The number of hydrogen-bond donors (Lipinski definition) is 2. The van der Waals surface area contributed by atoms with Crippen LogP contribution in [0.5, 0.6) is 0 Å².